The molecule has 0 aromatic heterocycles. The number of hydrogen-bond acceptors (Lipinski definition) is 4. The predicted octanol–water partition coefficient (Wildman–Crippen LogP) is 1.53. The predicted molar refractivity (Wildman–Crippen MR) is 112 cm³/mol. The fourth-order valence-corrected chi connectivity index (χ4v) is 3.38. The van der Waals surface area contributed by atoms with E-state index < -0.39 is 10.0 Å². The van der Waals surface area contributed by atoms with Crippen LogP contribution in [0.25, 0.3) is 0 Å². The molecule has 0 amide bonds. The average Bonchev–Trinajstić information content (AvgIpc) is 2.53. The molecular formula is C16H29IN4O3S. The number of guanidine groups is 1. The van der Waals surface area contributed by atoms with Crippen LogP contribution in [-0.2, 0) is 14.8 Å². The highest BCUT2D eigenvalue weighted by Gasteiger charge is 2.16. The van der Waals surface area contributed by atoms with Crippen molar-refractivity contribution in [3.05, 3.63) is 29.3 Å². The fraction of sp³-hybridized carbons (Fsp3) is 0.562. The van der Waals surface area contributed by atoms with Gasteiger partial charge in [-0.1, -0.05) is 12.1 Å². The first kappa shape index (κ1) is 24.1. The molecule has 25 heavy (non-hydrogen) atoms. The minimum Gasteiger partial charge on any atom is -0.382 e. The second-order valence-electron chi connectivity index (χ2n) is 5.41. The van der Waals surface area contributed by atoms with Gasteiger partial charge < -0.3 is 15.8 Å². The molecule has 1 aromatic rings. The first-order chi connectivity index (χ1) is 11.4. The molecule has 0 aliphatic heterocycles. The fourth-order valence-electron chi connectivity index (χ4n) is 2.02. The Morgan fingerprint density at radius 2 is 2.00 bits per heavy atom. The van der Waals surface area contributed by atoms with Crippen molar-refractivity contribution in [2.24, 2.45) is 10.7 Å². The number of sulfonamides is 1. The number of benzene rings is 1. The number of nitrogens with zero attached hydrogens (tertiary/aromatic N) is 1. The van der Waals surface area contributed by atoms with Gasteiger partial charge in [-0.3, -0.25) is 4.99 Å². The van der Waals surface area contributed by atoms with Crippen molar-refractivity contribution in [3.8, 4) is 0 Å². The molecule has 0 aliphatic rings. The Kier molecular flexibility index (Phi) is 12.0. The van der Waals surface area contributed by atoms with Gasteiger partial charge in [0.25, 0.3) is 0 Å². The van der Waals surface area contributed by atoms with Crippen LogP contribution in [0.5, 0.6) is 0 Å². The van der Waals surface area contributed by atoms with E-state index in [-0.39, 0.29) is 30.5 Å². The number of halogens is 1. The number of aliphatic imine (C=N–C) groups is 1. The zero-order valence-electron chi connectivity index (χ0n) is 15.0. The third-order valence-electron chi connectivity index (χ3n) is 3.29. The van der Waals surface area contributed by atoms with Gasteiger partial charge in [0.05, 0.1) is 4.90 Å². The van der Waals surface area contributed by atoms with Crippen molar-refractivity contribution >= 4 is 40.0 Å². The summed E-state index contributed by atoms with van der Waals surface area (Å²) in [5.74, 6) is 0.303. The second-order valence-corrected chi connectivity index (χ2v) is 7.15. The summed E-state index contributed by atoms with van der Waals surface area (Å²) in [7, 11) is -3.53. The zero-order valence-corrected chi connectivity index (χ0v) is 18.2. The third-order valence-corrected chi connectivity index (χ3v) is 4.89. The third kappa shape index (κ3) is 9.38. The SMILES string of the molecule is CCOCCCN=C(N)NCCNS(=O)(=O)c1cc(C)ccc1C.I. The summed E-state index contributed by atoms with van der Waals surface area (Å²) in [6, 6.07) is 5.35. The van der Waals surface area contributed by atoms with E-state index in [1.54, 1.807) is 19.1 Å². The molecule has 0 spiro atoms. The smallest absolute Gasteiger partial charge is 0.240 e. The van der Waals surface area contributed by atoms with E-state index in [1.165, 1.54) is 0 Å². The number of ether oxygens (including phenoxy) is 1. The Hall–Kier alpha value is -0.910. The van der Waals surface area contributed by atoms with Crippen LogP contribution in [0.2, 0.25) is 0 Å². The first-order valence-electron chi connectivity index (χ1n) is 8.05. The van der Waals surface area contributed by atoms with E-state index in [1.807, 2.05) is 19.9 Å². The molecule has 0 aliphatic carbocycles. The van der Waals surface area contributed by atoms with E-state index in [0.717, 1.165) is 17.5 Å². The molecule has 4 N–H and O–H groups in total. The molecule has 144 valence electrons. The second kappa shape index (κ2) is 12.4. The highest BCUT2D eigenvalue weighted by Crippen LogP contribution is 2.16. The van der Waals surface area contributed by atoms with Gasteiger partial charge in [0.15, 0.2) is 5.96 Å². The minimum atomic E-state index is -3.53. The maximum atomic E-state index is 12.3. The van der Waals surface area contributed by atoms with Crippen LogP contribution in [0.15, 0.2) is 28.1 Å². The van der Waals surface area contributed by atoms with E-state index in [4.69, 9.17) is 10.5 Å². The molecule has 7 nitrogen and oxygen atoms in total. The molecule has 0 unspecified atom stereocenters. The lowest BCUT2D eigenvalue weighted by Gasteiger charge is -2.11. The molecule has 0 radical (unpaired) electrons. The molecule has 1 rings (SSSR count). The van der Waals surface area contributed by atoms with Crippen molar-refractivity contribution in [2.45, 2.75) is 32.1 Å². The Bertz CT molecular complexity index is 651. The van der Waals surface area contributed by atoms with Crippen LogP contribution in [0, 0.1) is 13.8 Å². The normalized spacial score (nSPS) is 11.9. The molecule has 9 heteroatoms. The highest BCUT2D eigenvalue weighted by molar-refractivity contribution is 14.0. The Labute approximate surface area is 167 Å². The van der Waals surface area contributed by atoms with Gasteiger partial charge in [0.2, 0.25) is 10.0 Å². The van der Waals surface area contributed by atoms with Crippen LogP contribution < -0.4 is 15.8 Å². The number of nitrogens with two attached hydrogens (primary N) is 1. The van der Waals surface area contributed by atoms with Crippen molar-refractivity contribution in [3.63, 3.8) is 0 Å². The number of aryl methyl sites for hydroxylation is 2. The summed E-state index contributed by atoms with van der Waals surface area (Å²) in [4.78, 5) is 4.45. The molecule has 1 aromatic carbocycles. The van der Waals surface area contributed by atoms with Gasteiger partial charge in [0.1, 0.15) is 0 Å². The van der Waals surface area contributed by atoms with Gasteiger partial charge >= 0.3 is 0 Å². The van der Waals surface area contributed by atoms with Crippen molar-refractivity contribution in [2.75, 3.05) is 32.8 Å². The lowest BCUT2D eigenvalue weighted by atomic mass is 10.2. The van der Waals surface area contributed by atoms with Crippen molar-refractivity contribution in [1.29, 1.82) is 0 Å². The Morgan fingerprint density at radius 3 is 2.68 bits per heavy atom. The van der Waals surface area contributed by atoms with Crippen LogP contribution in [0.4, 0.5) is 0 Å². The lowest BCUT2D eigenvalue weighted by Crippen LogP contribution is -2.38. The van der Waals surface area contributed by atoms with Gasteiger partial charge in [-0.15, -0.1) is 24.0 Å². The summed E-state index contributed by atoms with van der Waals surface area (Å²) in [5.41, 5.74) is 7.34. The molecule has 0 saturated carbocycles. The van der Waals surface area contributed by atoms with E-state index in [2.05, 4.69) is 15.0 Å². The van der Waals surface area contributed by atoms with Crippen LogP contribution >= 0.6 is 24.0 Å². The minimum absolute atomic E-state index is 0. The summed E-state index contributed by atoms with van der Waals surface area (Å²) >= 11 is 0. The average molecular weight is 484 g/mol. The van der Waals surface area contributed by atoms with E-state index in [9.17, 15) is 8.42 Å². The van der Waals surface area contributed by atoms with Gasteiger partial charge in [0, 0.05) is 32.8 Å². The van der Waals surface area contributed by atoms with Crippen LogP contribution in [0.3, 0.4) is 0 Å². The van der Waals surface area contributed by atoms with Crippen LogP contribution in [0.1, 0.15) is 24.5 Å². The molecule has 0 atom stereocenters. The quantitative estimate of drug-likeness (QED) is 0.202. The largest absolute Gasteiger partial charge is 0.382 e. The molecule has 0 saturated heterocycles. The monoisotopic (exact) mass is 484 g/mol. The summed E-state index contributed by atoms with van der Waals surface area (Å²) in [6.07, 6.45) is 0.801. The Balaban J connectivity index is 0.00000576. The zero-order chi connectivity index (χ0) is 18.0. The number of rotatable bonds is 10. The Morgan fingerprint density at radius 1 is 1.28 bits per heavy atom. The van der Waals surface area contributed by atoms with Gasteiger partial charge in [-0.25, -0.2) is 13.1 Å². The molecule has 0 fully saturated rings. The molecule has 0 bridgehead atoms. The summed E-state index contributed by atoms with van der Waals surface area (Å²) in [6.45, 7) is 8.10. The maximum absolute atomic E-state index is 12.3. The van der Waals surface area contributed by atoms with E-state index >= 15 is 0 Å². The standard InChI is InChI=1S/C16H28N4O3S.HI/c1-4-23-11-5-8-18-16(17)19-9-10-20-24(21,22)15-12-13(2)6-7-14(15)3;/h6-7,12,20H,4-5,8-11H2,1-3H3,(H3,17,18,19);1H. The topological polar surface area (TPSA) is 106 Å². The summed E-state index contributed by atoms with van der Waals surface area (Å²) in [5, 5.41) is 2.88. The van der Waals surface area contributed by atoms with Crippen LogP contribution in [-0.4, -0.2) is 47.2 Å². The van der Waals surface area contributed by atoms with Crippen molar-refractivity contribution in [1.82, 2.24) is 10.0 Å². The lowest BCUT2D eigenvalue weighted by molar-refractivity contribution is 0.146. The van der Waals surface area contributed by atoms with Gasteiger partial charge in [-0.05, 0) is 44.4 Å². The first-order valence-corrected chi connectivity index (χ1v) is 9.53. The van der Waals surface area contributed by atoms with E-state index in [0.29, 0.717) is 37.2 Å². The van der Waals surface area contributed by atoms with Gasteiger partial charge in [-0.2, -0.15) is 0 Å². The van der Waals surface area contributed by atoms with Crippen molar-refractivity contribution < 1.29 is 13.2 Å². The summed E-state index contributed by atoms with van der Waals surface area (Å²) < 4.78 is 32.4. The molecule has 0 heterocycles. The number of nitrogens with one attached hydrogen (secondary N) is 2. The maximum Gasteiger partial charge on any atom is 0.240 e. The highest BCUT2D eigenvalue weighted by atomic mass is 127. The molecular weight excluding hydrogens is 455 g/mol. The number of hydrogen-bond donors (Lipinski definition) is 3.